The second-order valence-electron chi connectivity index (χ2n) is 8.98. The summed E-state index contributed by atoms with van der Waals surface area (Å²) < 4.78 is 0. The van der Waals surface area contributed by atoms with Gasteiger partial charge in [0.2, 0.25) is 0 Å². The largest absolute Gasteiger partial charge is 0.342 e. The van der Waals surface area contributed by atoms with Gasteiger partial charge in [-0.3, -0.25) is 9.97 Å². The SMILES string of the molecule is CCc1ncc(-c2ccc3nc(-c4ccc5c(c4)c4nccnc4c4[nH]c(CC)nc54)ccc3c2)[nH]1. The number of nitrogens with zero attached hydrogens (tertiary/aromatic N) is 5. The molecule has 0 saturated heterocycles. The quantitative estimate of drug-likeness (QED) is 0.291. The molecule has 36 heavy (non-hydrogen) atoms. The second kappa shape index (κ2) is 7.95. The highest BCUT2D eigenvalue weighted by Gasteiger charge is 2.15. The molecular formula is C29H23N7. The first-order valence-electron chi connectivity index (χ1n) is 12.2. The van der Waals surface area contributed by atoms with E-state index in [1.54, 1.807) is 12.4 Å². The summed E-state index contributed by atoms with van der Waals surface area (Å²) in [7, 11) is 0. The monoisotopic (exact) mass is 469 g/mol. The van der Waals surface area contributed by atoms with Gasteiger partial charge in [0.15, 0.2) is 0 Å². The number of hydrogen-bond donors (Lipinski definition) is 2. The molecule has 0 radical (unpaired) electrons. The Hall–Kier alpha value is -4.65. The number of imidazole rings is 2. The van der Waals surface area contributed by atoms with Crippen LogP contribution in [0.3, 0.4) is 0 Å². The van der Waals surface area contributed by atoms with Gasteiger partial charge in [-0.1, -0.05) is 38.1 Å². The summed E-state index contributed by atoms with van der Waals surface area (Å²) in [5.41, 5.74) is 8.62. The van der Waals surface area contributed by atoms with Crippen molar-refractivity contribution in [2.75, 3.05) is 0 Å². The van der Waals surface area contributed by atoms with E-state index >= 15 is 0 Å². The van der Waals surface area contributed by atoms with Crippen LogP contribution in [0, 0.1) is 0 Å². The molecule has 0 atom stereocenters. The standard InChI is InChI=1S/C29H23N7/c1-3-24-32-15-23(34-24)17-7-10-21-16(13-17)6-9-22(33-21)18-5-8-19-20(14-18)26-28(31-12-11-30-26)29-27(19)35-25(4-2)36-29/h5-15H,3-4H2,1-2H3,(H,32,34)(H,35,36). The van der Waals surface area contributed by atoms with Crippen molar-refractivity contribution in [2.45, 2.75) is 26.7 Å². The minimum absolute atomic E-state index is 0.832. The molecule has 0 saturated carbocycles. The van der Waals surface area contributed by atoms with E-state index in [4.69, 9.17) is 9.97 Å². The predicted octanol–water partition coefficient (Wildman–Crippen LogP) is 6.39. The number of rotatable bonds is 4. The molecule has 3 aromatic carbocycles. The van der Waals surface area contributed by atoms with E-state index in [9.17, 15) is 0 Å². The summed E-state index contributed by atoms with van der Waals surface area (Å²) in [5.74, 6) is 1.94. The number of aromatic nitrogens is 7. The molecule has 0 spiro atoms. The van der Waals surface area contributed by atoms with Gasteiger partial charge >= 0.3 is 0 Å². The van der Waals surface area contributed by atoms with E-state index in [1.807, 2.05) is 6.20 Å². The fourth-order valence-corrected chi connectivity index (χ4v) is 4.92. The molecule has 0 aliphatic rings. The van der Waals surface area contributed by atoms with E-state index in [1.165, 1.54) is 0 Å². The van der Waals surface area contributed by atoms with E-state index in [2.05, 4.69) is 87.3 Å². The van der Waals surface area contributed by atoms with Gasteiger partial charge in [-0.05, 0) is 24.3 Å². The third kappa shape index (κ3) is 3.16. The Morgan fingerprint density at radius 2 is 1.50 bits per heavy atom. The highest BCUT2D eigenvalue weighted by atomic mass is 14.9. The maximum Gasteiger partial charge on any atom is 0.115 e. The number of aryl methyl sites for hydroxylation is 2. The molecule has 0 amide bonds. The van der Waals surface area contributed by atoms with Crippen LogP contribution < -0.4 is 0 Å². The lowest BCUT2D eigenvalue weighted by Crippen LogP contribution is -1.90. The van der Waals surface area contributed by atoms with E-state index in [0.717, 1.165) is 90.7 Å². The fraction of sp³-hybridized carbons (Fsp3) is 0.138. The summed E-state index contributed by atoms with van der Waals surface area (Å²) in [6.45, 7) is 4.19. The van der Waals surface area contributed by atoms with Crippen molar-refractivity contribution in [1.82, 2.24) is 34.9 Å². The molecule has 174 valence electrons. The van der Waals surface area contributed by atoms with E-state index < -0.39 is 0 Å². The average molecular weight is 470 g/mol. The van der Waals surface area contributed by atoms with Gasteiger partial charge in [0.1, 0.15) is 17.2 Å². The van der Waals surface area contributed by atoms with Crippen molar-refractivity contribution in [1.29, 1.82) is 0 Å². The number of aromatic amines is 2. The molecule has 7 aromatic rings. The average Bonchev–Trinajstić information content (AvgIpc) is 3.60. The molecule has 7 nitrogen and oxygen atoms in total. The highest BCUT2D eigenvalue weighted by molar-refractivity contribution is 6.21. The Balaban J connectivity index is 1.37. The molecule has 0 unspecified atom stereocenters. The maximum absolute atomic E-state index is 4.98. The number of benzene rings is 3. The molecule has 0 aliphatic carbocycles. The molecular weight excluding hydrogens is 446 g/mol. The smallest absolute Gasteiger partial charge is 0.115 e. The first kappa shape index (κ1) is 20.7. The Bertz CT molecular complexity index is 1930. The van der Waals surface area contributed by atoms with Gasteiger partial charge in [-0.15, -0.1) is 0 Å². The second-order valence-corrected chi connectivity index (χ2v) is 8.98. The Labute approximate surface area is 206 Å². The van der Waals surface area contributed by atoms with Crippen LogP contribution in [0.25, 0.3) is 66.3 Å². The summed E-state index contributed by atoms with van der Waals surface area (Å²) in [4.78, 5) is 30.4. The fourth-order valence-electron chi connectivity index (χ4n) is 4.92. The molecule has 4 aromatic heterocycles. The van der Waals surface area contributed by atoms with Crippen molar-refractivity contribution < 1.29 is 0 Å². The zero-order valence-corrected chi connectivity index (χ0v) is 20.0. The molecule has 2 N–H and O–H groups in total. The predicted molar refractivity (Wildman–Crippen MR) is 144 cm³/mol. The van der Waals surface area contributed by atoms with Crippen LogP contribution in [0.5, 0.6) is 0 Å². The molecule has 0 fully saturated rings. The van der Waals surface area contributed by atoms with Gasteiger partial charge in [0.05, 0.1) is 39.7 Å². The number of nitrogens with one attached hydrogen (secondary N) is 2. The van der Waals surface area contributed by atoms with Crippen LogP contribution in [-0.2, 0) is 12.8 Å². The Kier molecular flexibility index (Phi) is 4.57. The third-order valence-corrected chi connectivity index (χ3v) is 6.81. The van der Waals surface area contributed by atoms with Crippen LogP contribution in [0.1, 0.15) is 25.5 Å². The van der Waals surface area contributed by atoms with Crippen molar-refractivity contribution in [2.24, 2.45) is 0 Å². The first-order valence-corrected chi connectivity index (χ1v) is 12.2. The maximum atomic E-state index is 4.98. The minimum atomic E-state index is 0.832. The zero-order chi connectivity index (χ0) is 24.2. The Morgan fingerprint density at radius 1 is 0.667 bits per heavy atom. The summed E-state index contributed by atoms with van der Waals surface area (Å²) in [5, 5.41) is 3.18. The van der Waals surface area contributed by atoms with E-state index in [-0.39, 0.29) is 0 Å². The van der Waals surface area contributed by atoms with Crippen molar-refractivity contribution in [3.05, 3.63) is 78.8 Å². The van der Waals surface area contributed by atoms with Crippen molar-refractivity contribution in [3.63, 3.8) is 0 Å². The summed E-state index contributed by atoms with van der Waals surface area (Å²) in [6.07, 6.45) is 7.08. The van der Waals surface area contributed by atoms with Gasteiger partial charge in [-0.25, -0.2) is 15.0 Å². The van der Waals surface area contributed by atoms with Gasteiger partial charge in [0, 0.05) is 52.5 Å². The Morgan fingerprint density at radius 3 is 2.33 bits per heavy atom. The normalized spacial score (nSPS) is 11.8. The van der Waals surface area contributed by atoms with Gasteiger partial charge < -0.3 is 9.97 Å². The molecule has 0 bridgehead atoms. The minimum Gasteiger partial charge on any atom is -0.342 e. The van der Waals surface area contributed by atoms with Crippen LogP contribution in [-0.4, -0.2) is 34.9 Å². The van der Waals surface area contributed by atoms with Crippen LogP contribution in [0.15, 0.2) is 67.1 Å². The van der Waals surface area contributed by atoms with Crippen molar-refractivity contribution >= 4 is 43.7 Å². The van der Waals surface area contributed by atoms with Gasteiger partial charge in [0.25, 0.3) is 0 Å². The van der Waals surface area contributed by atoms with Crippen LogP contribution in [0.2, 0.25) is 0 Å². The number of pyridine rings is 1. The molecule has 4 heterocycles. The van der Waals surface area contributed by atoms with Crippen LogP contribution in [0.4, 0.5) is 0 Å². The number of hydrogen-bond acceptors (Lipinski definition) is 5. The van der Waals surface area contributed by atoms with E-state index in [0.29, 0.717) is 0 Å². The lowest BCUT2D eigenvalue weighted by molar-refractivity contribution is 0.991. The highest BCUT2D eigenvalue weighted by Crippen LogP contribution is 2.34. The van der Waals surface area contributed by atoms with Crippen LogP contribution >= 0.6 is 0 Å². The topological polar surface area (TPSA) is 96.0 Å². The zero-order valence-electron chi connectivity index (χ0n) is 20.0. The number of fused-ring (bicyclic) bond motifs is 7. The third-order valence-electron chi connectivity index (χ3n) is 6.81. The lowest BCUT2D eigenvalue weighted by Gasteiger charge is -2.08. The molecule has 7 rings (SSSR count). The first-order chi connectivity index (χ1) is 17.7. The summed E-state index contributed by atoms with van der Waals surface area (Å²) >= 11 is 0. The summed E-state index contributed by atoms with van der Waals surface area (Å²) in [6, 6.07) is 16.9. The lowest BCUT2D eigenvalue weighted by atomic mass is 10.0. The van der Waals surface area contributed by atoms with Crippen molar-refractivity contribution in [3.8, 4) is 22.5 Å². The molecule has 7 heteroatoms. The molecule has 0 aliphatic heterocycles. The number of H-pyrrole nitrogens is 2. The van der Waals surface area contributed by atoms with Gasteiger partial charge in [-0.2, -0.15) is 0 Å².